The fourth-order valence-corrected chi connectivity index (χ4v) is 3.18. The molecule has 8 heteroatoms. The molecule has 3 aromatic rings. The molecule has 0 atom stereocenters. The summed E-state index contributed by atoms with van der Waals surface area (Å²) >= 11 is 12.0. The van der Waals surface area contributed by atoms with Crippen LogP contribution < -0.4 is 10.5 Å². The molecule has 3 N–H and O–H groups in total. The summed E-state index contributed by atoms with van der Waals surface area (Å²) in [6, 6.07) is 10.7. The van der Waals surface area contributed by atoms with E-state index in [4.69, 9.17) is 38.8 Å². The van der Waals surface area contributed by atoms with E-state index in [1.54, 1.807) is 18.2 Å². The van der Waals surface area contributed by atoms with Crippen molar-refractivity contribution in [1.82, 2.24) is 4.98 Å². The minimum absolute atomic E-state index is 0.0403. The van der Waals surface area contributed by atoms with Crippen LogP contribution in [-0.4, -0.2) is 22.7 Å². The molecule has 0 fully saturated rings. The molecule has 0 radical (unpaired) electrons. The molecule has 0 amide bonds. The van der Waals surface area contributed by atoms with Crippen LogP contribution in [0.25, 0.3) is 11.1 Å². The molecule has 144 valence electrons. The number of anilines is 1. The van der Waals surface area contributed by atoms with Crippen LogP contribution in [0.5, 0.6) is 5.75 Å². The van der Waals surface area contributed by atoms with Gasteiger partial charge in [0, 0.05) is 23.2 Å². The molecule has 0 aliphatic carbocycles. The van der Waals surface area contributed by atoms with Crippen molar-refractivity contribution in [1.29, 1.82) is 0 Å². The highest BCUT2D eigenvalue weighted by Gasteiger charge is 2.12. The number of carbonyl (C=O) groups is 1. The molecule has 1 heterocycles. The Hall–Kier alpha value is -2.83. The van der Waals surface area contributed by atoms with Gasteiger partial charge in [-0.1, -0.05) is 35.3 Å². The van der Waals surface area contributed by atoms with E-state index >= 15 is 0 Å². The largest absolute Gasteiger partial charge is 0.489 e. The van der Waals surface area contributed by atoms with Crippen LogP contribution in [0.4, 0.5) is 10.2 Å². The first-order valence-corrected chi connectivity index (χ1v) is 8.97. The van der Waals surface area contributed by atoms with E-state index in [1.807, 2.05) is 0 Å². The summed E-state index contributed by atoms with van der Waals surface area (Å²) in [7, 11) is 0. The quantitative estimate of drug-likeness (QED) is 0.541. The summed E-state index contributed by atoms with van der Waals surface area (Å²) in [4.78, 5) is 15.3. The van der Waals surface area contributed by atoms with Gasteiger partial charge >= 0.3 is 5.97 Å². The molecular formula is C20H15Cl2FN2O3. The van der Waals surface area contributed by atoms with Gasteiger partial charge in [-0.15, -0.1) is 0 Å². The van der Waals surface area contributed by atoms with Crippen LogP contribution in [-0.2, 0) is 6.42 Å². The van der Waals surface area contributed by atoms with Crippen LogP contribution >= 0.6 is 23.2 Å². The summed E-state index contributed by atoms with van der Waals surface area (Å²) in [6.45, 7) is 0.146. The Bertz CT molecular complexity index is 1040. The lowest BCUT2D eigenvalue weighted by atomic mass is 10.0. The molecule has 0 aliphatic rings. The Balaban J connectivity index is 1.79. The Labute approximate surface area is 170 Å². The van der Waals surface area contributed by atoms with Gasteiger partial charge < -0.3 is 15.6 Å². The molecule has 5 nitrogen and oxygen atoms in total. The first kappa shape index (κ1) is 19.9. The number of nitrogen functional groups attached to an aromatic ring is 1. The number of hydrogen-bond donors (Lipinski definition) is 2. The minimum Gasteiger partial charge on any atom is -0.489 e. The molecule has 1 aromatic heterocycles. The summed E-state index contributed by atoms with van der Waals surface area (Å²) in [6.07, 6.45) is 1.80. The number of pyridine rings is 1. The second-order valence-corrected chi connectivity index (χ2v) is 6.70. The maximum Gasteiger partial charge on any atom is 0.335 e. The van der Waals surface area contributed by atoms with Gasteiger partial charge in [0.15, 0.2) is 11.6 Å². The van der Waals surface area contributed by atoms with E-state index in [2.05, 4.69) is 4.98 Å². The van der Waals surface area contributed by atoms with Crippen molar-refractivity contribution in [2.24, 2.45) is 0 Å². The van der Waals surface area contributed by atoms with Crippen LogP contribution in [0.1, 0.15) is 15.9 Å². The zero-order valence-corrected chi connectivity index (χ0v) is 16.0. The Kier molecular flexibility index (Phi) is 6.02. The fraction of sp³-hybridized carbons (Fsp3) is 0.100. The average Bonchev–Trinajstić information content (AvgIpc) is 2.69. The number of ether oxygens (including phenoxy) is 1. The predicted molar refractivity (Wildman–Crippen MR) is 107 cm³/mol. The molecule has 0 bridgehead atoms. The first-order valence-electron chi connectivity index (χ1n) is 8.21. The molecule has 0 saturated heterocycles. The number of aromatic carboxylic acids is 1. The normalized spacial score (nSPS) is 10.7. The summed E-state index contributed by atoms with van der Waals surface area (Å²) in [5, 5.41) is 9.44. The smallest absolute Gasteiger partial charge is 0.335 e. The van der Waals surface area contributed by atoms with Crippen molar-refractivity contribution < 1.29 is 19.0 Å². The second kappa shape index (κ2) is 8.46. The number of carboxylic acid groups (broad SMARTS) is 1. The minimum atomic E-state index is -1.02. The van der Waals surface area contributed by atoms with Gasteiger partial charge in [-0.05, 0) is 41.5 Å². The van der Waals surface area contributed by atoms with Gasteiger partial charge in [-0.25, -0.2) is 14.2 Å². The Morgan fingerprint density at radius 2 is 1.96 bits per heavy atom. The highest BCUT2D eigenvalue weighted by atomic mass is 35.5. The summed E-state index contributed by atoms with van der Waals surface area (Å²) in [5.74, 6) is -1.08. The van der Waals surface area contributed by atoms with Crippen molar-refractivity contribution in [3.8, 4) is 16.9 Å². The third-order valence-electron chi connectivity index (χ3n) is 4.07. The number of benzene rings is 2. The predicted octanol–water partition coefficient (Wildman–Crippen LogP) is 5.10. The van der Waals surface area contributed by atoms with Gasteiger partial charge in [0.1, 0.15) is 5.82 Å². The van der Waals surface area contributed by atoms with E-state index < -0.39 is 11.8 Å². The van der Waals surface area contributed by atoms with Crippen molar-refractivity contribution in [2.75, 3.05) is 12.3 Å². The van der Waals surface area contributed by atoms with Crippen molar-refractivity contribution in [2.45, 2.75) is 6.42 Å². The third-order valence-corrected chi connectivity index (χ3v) is 4.84. The van der Waals surface area contributed by atoms with Crippen molar-refractivity contribution in [3.63, 3.8) is 0 Å². The van der Waals surface area contributed by atoms with Crippen LogP contribution in [0, 0.1) is 5.82 Å². The molecule has 0 spiro atoms. The maximum absolute atomic E-state index is 13.6. The number of halogens is 3. The molecule has 3 rings (SSSR count). The number of rotatable bonds is 6. The van der Waals surface area contributed by atoms with E-state index in [9.17, 15) is 9.18 Å². The first-order chi connectivity index (χ1) is 13.4. The standard InChI is InChI=1S/C20H15Cl2FN2O3/c21-15-4-5-16(23)18(22)14(15)6-7-28-17-9-13(10-25-19(17)24)11-2-1-3-12(8-11)20(26)27/h1-5,8-10H,6-7H2,(H2,24,25)(H,26,27). The van der Waals surface area contributed by atoms with Gasteiger partial charge in [-0.3, -0.25) is 0 Å². The SMILES string of the molecule is Nc1ncc(-c2cccc(C(=O)O)c2)cc1OCCc1c(Cl)ccc(F)c1Cl. The molecule has 0 saturated carbocycles. The fourth-order valence-electron chi connectivity index (χ4n) is 2.62. The Morgan fingerprint density at radius 3 is 2.71 bits per heavy atom. The van der Waals surface area contributed by atoms with Crippen LogP contribution in [0.15, 0.2) is 48.7 Å². The van der Waals surface area contributed by atoms with Gasteiger partial charge in [0.25, 0.3) is 0 Å². The Morgan fingerprint density at radius 1 is 1.18 bits per heavy atom. The zero-order valence-electron chi connectivity index (χ0n) is 14.5. The maximum atomic E-state index is 13.6. The highest BCUT2D eigenvalue weighted by Crippen LogP contribution is 2.30. The lowest BCUT2D eigenvalue weighted by Crippen LogP contribution is -2.06. The van der Waals surface area contributed by atoms with Crippen molar-refractivity contribution >= 4 is 35.0 Å². The summed E-state index contributed by atoms with van der Waals surface area (Å²) < 4.78 is 19.3. The molecule has 0 unspecified atom stereocenters. The number of nitrogens with zero attached hydrogens (tertiary/aromatic N) is 1. The second-order valence-electron chi connectivity index (χ2n) is 5.91. The van der Waals surface area contributed by atoms with Gasteiger partial charge in [0.2, 0.25) is 0 Å². The third kappa shape index (κ3) is 4.35. The molecule has 0 aliphatic heterocycles. The van der Waals surface area contributed by atoms with E-state index in [1.165, 1.54) is 30.5 Å². The topological polar surface area (TPSA) is 85.4 Å². The lowest BCUT2D eigenvalue weighted by molar-refractivity contribution is 0.0697. The number of carboxylic acids is 1. The lowest BCUT2D eigenvalue weighted by Gasteiger charge is -2.12. The zero-order chi connectivity index (χ0) is 20.3. The van der Waals surface area contributed by atoms with Gasteiger partial charge in [0.05, 0.1) is 17.2 Å². The van der Waals surface area contributed by atoms with E-state index in [0.717, 1.165) is 0 Å². The molecule has 28 heavy (non-hydrogen) atoms. The number of aromatic nitrogens is 1. The average molecular weight is 421 g/mol. The molecular weight excluding hydrogens is 406 g/mol. The van der Waals surface area contributed by atoms with E-state index in [0.29, 0.717) is 27.5 Å². The monoisotopic (exact) mass is 420 g/mol. The number of hydrogen-bond acceptors (Lipinski definition) is 4. The van der Waals surface area contributed by atoms with E-state index in [-0.39, 0.29) is 29.4 Å². The highest BCUT2D eigenvalue weighted by molar-refractivity contribution is 6.36. The summed E-state index contributed by atoms with van der Waals surface area (Å²) in [5.41, 5.74) is 7.78. The van der Waals surface area contributed by atoms with Gasteiger partial charge in [-0.2, -0.15) is 0 Å². The molecule has 2 aromatic carbocycles. The van der Waals surface area contributed by atoms with Crippen molar-refractivity contribution in [3.05, 3.63) is 75.7 Å². The van der Waals surface area contributed by atoms with Crippen LogP contribution in [0.3, 0.4) is 0 Å². The van der Waals surface area contributed by atoms with Crippen LogP contribution in [0.2, 0.25) is 10.0 Å². The number of nitrogens with two attached hydrogens (primary N) is 1.